The van der Waals surface area contributed by atoms with Gasteiger partial charge in [0.2, 0.25) is 0 Å². The van der Waals surface area contributed by atoms with Crippen LogP contribution in [0.15, 0.2) is 12.4 Å². The summed E-state index contributed by atoms with van der Waals surface area (Å²) in [6.45, 7) is 0. The lowest BCUT2D eigenvalue weighted by atomic mass is 9.86. The monoisotopic (exact) mass is 178 g/mol. The van der Waals surface area contributed by atoms with E-state index >= 15 is 0 Å². The van der Waals surface area contributed by atoms with Crippen molar-refractivity contribution in [2.75, 3.05) is 0 Å². The molecule has 1 aliphatic carbocycles. The molecular weight excluding hydrogens is 164 g/mol. The summed E-state index contributed by atoms with van der Waals surface area (Å²) >= 11 is 0. The number of rotatable bonds is 1. The van der Waals surface area contributed by atoms with Crippen LogP contribution in [-0.2, 0) is 0 Å². The van der Waals surface area contributed by atoms with E-state index in [1.807, 2.05) is 0 Å². The molecule has 0 spiro atoms. The second-order valence-electron chi connectivity index (χ2n) is 3.61. The molecule has 0 unspecified atom stereocenters. The van der Waals surface area contributed by atoms with Gasteiger partial charge in [0.05, 0.1) is 6.20 Å². The summed E-state index contributed by atoms with van der Waals surface area (Å²) in [5.41, 5.74) is 5.82. The minimum Gasteiger partial charge on any atom is -0.328 e. The van der Waals surface area contributed by atoms with Crippen LogP contribution in [0.3, 0.4) is 0 Å². The zero-order valence-electron chi connectivity index (χ0n) is 7.56. The second-order valence-corrected chi connectivity index (χ2v) is 3.61. The molecule has 0 saturated heterocycles. The van der Waals surface area contributed by atoms with Crippen molar-refractivity contribution in [3.8, 4) is 0 Å². The van der Waals surface area contributed by atoms with Crippen molar-refractivity contribution >= 4 is 0 Å². The molecule has 1 aromatic heterocycles. The van der Waals surface area contributed by atoms with Crippen molar-refractivity contribution in [3.63, 3.8) is 0 Å². The molecule has 2 N–H and O–H groups in total. The highest BCUT2D eigenvalue weighted by molar-refractivity contribution is 4.96. The molecule has 1 saturated carbocycles. The Bertz CT molecular complexity index is 254. The van der Waals surface area contributed by atoms with E-state index in [4.69, 9.17) is 5.73 Å². The molecule has 0 aromatic carbocycles. The van der Waals surface area contributed by atoms with Gasteiger partial charge >= 0.3 is 0 Å². The average molecular weight is 178 g/mol. The summed E-state index contributed by atoms with van der Waals surface area (Å²) in [4.78, 5) is 4.21. The minimum atomic E-state index is 0.382. The summed E-state index contributed by atoms with van der Waals surface area (Å²) < 4.78 is 0. The van der Waals surface area contributed by atoms with Gasteiger partial charge in [-0.15, -0.1) is 5.10 Å². The first-order valence-corrected chi connectivity index (χ1v) is 4.75. The van der Waals surface area contributed by atoms with Crippen LogP contribution >= 0.6 is 0 Å². The Balaban J connectivity index is 2.03. The highest BCUT2D eigenvalue weighted by Crippen LogP contribution is 2.29. The predicted molar refractivity (Wildman–Crippen MR) is 49.0 cm³/mol. The largest absolute Gasteiger partial charge is 0.328 e. The molecular formula is C9H14N4. The van der Waals surface area contributed by atoms with Crippen LogP contribution in [0, 0.1) is 0 Å². The van der Waals surface area contributed by atoms with Crippen LogP contribution in [0.1, 0.15) is 37.4 Å². The van der Waals surface area contributed by atoms with Gasteiger partial charge in [0.25, 0.3) is 0 Å². The van der Waals surface area contributed by atoms with E-state index in [-0.39, 0.29) is 0 Å². The van der Waals surface area contributed by atoms with Gasteiger partial charge in [-0.2, -0.15) is 5.10 Å². The van der Waals surface area contributed by atoms with E-state index in [0.29, 0.717) is 12.0 Å². The first-order valence-electron chi connectivity index (χ1n) is 4.75. The van der Waals surface area contributed by atoms with E-state index in [1.54, 1.807) is 12.4 Å². The third-order valence-electron chi connectivity index (χ3n) is 2.64. The first-order chi connectivity index (χ1) is 6.36. The van der Waals surface area contributed by atoms with Crippen molar-refractivity contribution in [3.05, 3.63) is 18.2 Å². The summed E-state index contributed by atoms with van der Waals surface area (Å²) in [6.07, 6.45) is 7.69. The van der Waals surface area contributed by atoms with E-state index in [1.165, 1.54) is 0 Å². The zero-order chi connectivity index (χ0) is 9.10. The van der Waals surface area contributed by atoms with Gasteiger partial charge in [0, 0.05) is 18.2 Å². The molecule has 4 nitrogen and oxygen atoms in total. The molecule has 1 aliphatic rings. The predicted octanol–water partition coefficient (Wildman–Crippen LogP) is 0.856. The normalized spacial score (nSPS) is 28.7. The summed E-state index contributed by atoms with van der Waals surface area (Å²) in [5.74, 6) is 1.36. The summed E-state index contributed by atoms with van der Waals surface area (Å²) in [5, 5.41) is 7.86. The quantitative estimate of drug-likeness (QED) is 0.692. The van der Waals surface area contributed by atoms with Crippen molar-refractivity contribution in [1.82, 2.24) is 15.2 Å². The molecule has 13 heavy (non-hydrogen) atoms. The molecule has 0 bridgehead atoms. The van der Waals surface area contributed by atoms with Gasteiger partial charge < -0.3 is 5.73 Å². The van der Waals surface area contributed by atoms with Crippen LogP contribution < -0.4 is 5.73 Å². The fraction of sp³-hybridized carbons (Fsp3) is 0.667. The standard InChI is InChI=1S/C9H14N4/c10-8-3-1-7(2-4-8)9-11-5-6-12-13-9/h5-8H,1-4,10H2. The van der Waals surface area contributed by atoms with Crippen molar-refractivity contribution < 1.29 is 0 Å². The average Bonchev–Trinajstić information content (AvgIpc) is 2.20. The maximum absolute atomic E-state index is 5.82. The topological polar surface area (TPSA) is 64.7 Å². The third-order valence-corrected chi connectivity index (χ3v) is 2.64. The van der Waals surface area contributed by atoms with Gasteiger partial charge in [0.1, 0.15) is 0 Å². The molecule has 0 atom stereocenters. The van der Waals surface area contributed by atoms with Crippen LogP contribution in [0.25, 0.3) is 0 Å². The third kappa shape index (κ3) is 2.01. The Morgan fingerprint density at radius 2 is 1.92 bits per heavy atom. The molecule has 0 amide bonds. The maximum atomic E-state index is 5.82. The van der Waals surface area contributed by atoms with Crippen LogP contribution in [-0.4, -0.2) is 21.2 Å². The molecule has 1 heterocycles. The lowest BCUT2D eigenvalue weighted by molar-refractivity contribution is 0.382. The fourth-order valence-electron chi connectivity index (χ4n) is 1.82. The molecule has 70 valence electrons. The lowest BCUT2D eigenvalue weighted by Crippen LogP contribution is -2.26. The summed E-state index contributed by atoms with van der Waals surface area (Å²) in [6, 6.07) is 0.382. The van der Waals surface area contributed by atoms with E-state index in [2.05, 4.69) is 15.2 Å². The Kier molecular flexibility index (Phi) is 2.49. The zero-order valence-corrected chi connectivity index (χ0v) is 7.56. The van der Waals surface area contributed by atoms with Gasteiger partial charge in [0.15, 0.2) is 5.82 Å². The van der Waals surface area contributed by atoms with Crippen molar-refractivity contribution in [2.24, 2.45) is 5.73 Å². The Hall–Kier alpha value is -1.03. The van der Waals surface area contributed by atoms with E-state index < -0.39 is 0 Å². The van der Waals surface area contributed by atoms with Crippen LogP contribution in [0.5, 0.6) is 0 Å². The molecule has 1 aromatic rings. The number of hydrogen-bond acceptors (Lipinski definition) is 4. The Morgan fingerprint density at radius 3 is 2.54 bits per heavy atom. The number of nitrogens with zero attached hydrogens (tertiary/aromatic N) is 3. The van der Waals surface area contributed by atoms with Crippen molar-refractivity contribution in [2.45, 2.75) is 37.6 Å². The summed E-state index contributed by atoms with van der Waals surface area (Å²) in [7, 11) is 0. The molecule has 1 fully saturated rings. The Labute approximate surface area is 77.6 Å². The fourth-order valence-corrected chi connectivity index (χ4v) is 1.82. The lowest BCUT2D eigenvalue weighted by Gasteiger charge is -2.24. The van der Waals surface area contributed by atoms with Gasteiger partial charge in [-0.3, -0.25) is 0 Å². The molecule has 0 aliphatic heterocycles. The number of hydrogen-bond donors (Lipinski definition) is 1. The number of nitrogens with two attached hydrogens (primary N) is 1. The van der Waals surface area contributed by atoms with Crippen LogP contribution in [0.4, 0.5) is 0 Å². The highest BCUT2D eigenvalue weighted by Gasteiger charge is 2.21. The van der Waals surface area contributed by atoms with Crippen LogP contribution in [0.2, 0.25) is 0 Å². The molecule has 0 radical (unpaired) electrons. The van der Waals surface area contributed by atoms with E-state index in [0.717, 1.165) is 31.5 Å². The molecule has 4 heteroatoms. The Morgan fingerprint density at radius 1 is 1.15 bits per heavy atom. The van der Waals surface area contributed by atoms with Crippen molar-refractivity contribution in [1.29, 1.82) is 0 Å². The maximum Gasteiger partial charge on any atom is 0.153 e. The number of aromatic nitrogens is 3. The first kappa shape index (κ1) is 8.56. The molecule has 2 rings (SSSR count). The smallest absolute Gasteiger partial charge is 0.153 e. The van der Waals surface area contributed by atoms with Gasteiger partial charge in [-0.25, -0.2) is 4.98 Å². The minimum absolute atomic E-state index is 0.382. The highest BCUT2D eigenvalue weighted by atomic mass is 15.1. The van der Waals surface area contributed by atoms with Gasteiger partial charge in [-0.1, -0.05) is 0 Å². The van der Waals surface area contributed by atoms with E-state index in [9.17, 15) is 0 Å². The SMILES string of the molecule is NC1CCC(c2nccnn2)CC1. The second kappa shape index (κ2) is 3.79. The van der Waals surface area contributed by atoms with Gasteiger partial charge in [-0.05, 0) is 25.7 Å².